The maximum absolute atomic E-state index is 14.0. The summed E-state index contributed by atoms with van der Waals surface area (Å²) in [6.07, 6.45) is 0. The lowest BCUT2D eigenvalue weighted by atomic mass is 10.2. The van der Waals surface area contributed by atoms with Crippen molar-refractivity contribution >= 4 is 46.4 Å². The van der Waals surface area contributed by atoms with Crippen LogP contribution in [0, 0.1) is 5.82 Å². The molecule has 0 aliphatic carbocycles. The third-order valence-corrected chi connectivity index (χ3v) is 5.25. The molecule has 1 aliphatic heterocycles. The Morgan fingerprint density at radius 1 is 1.23 bits per heavy atom. The first-order chi connectivity index (χ1) is 10.6. The summed E-state index contributed by atoms with van der Waals surface area (Å²) in [5.41, 5.74) is 1.55. The van der Waals surface area contributed by atoms with Crippen molar-refractivity contribution in [2.75, 3.05) is 17.6 Å². The van der Waals surface area contributed by atoms with E-state index >= 15 is 0 Å². The van der Waals surface area contributed by atoms with Gasteiger partial charge in [0.05, 0.1) is 0 Å². The molecule has 0 bridgehead atoms. The molecule has 1 heterocycles. The van der Waals surface area contributed by atoms with Crippen molar-refractivity contribution in [3.8, 4) is 0 Å². The zero-order valence-electron chi connectivity index (χ0n) is 11.6. The normalized spacial score (nSPS) is 17.5. The molecule has 1 atom stereocenters. The number of hydrogen-bond donors (Lipinski definition) is 1. The van der Waals surface area contributed by atoms with E-state index in [9.17, 15) is 4.39 Å². The molecule has 0 radical (unpaired) electrons. The minimum Gasteiger partial charge on any atom is -0.333 e. The van der Waals surface area contributed by atoms with Crippen LogP contribution < -0.4 is 5.32 Å². The summed E-state index contributed by atoms with van der Waals surface area (Å²) >= 11 is 13.1. The third-order valence-electron chi connectivity index (χ3n) is 3.42. The van der Waals surface area contributed by atoms with Gasteiger partial charge in [-0.3, -0.25) is 0 Å². The second-order valence-electron chi connectivity index (χ2n) is 4.88. The Labute approximate surface area is 143 Å². The van der Waals surface area contributed by atoms with E-state index in [1.165, 1.54) is 6.07 Å². The van der Waals surface area contributed by atoms with Crippen LogP contribution in [0.2, 0.25) is 5.02 Å². The molecule has 114 valence electrons. The molecule has 0 spiro atoms. The van der Waals surface area contributed by atoms with E-state index in [1.807, 2.05) is 29.2 Å². The number of thioether (sulfide) groups is 1. The molecule has 0 saturated carbocycles. The van der Waals surface area contributed by atoms with Crippen molar-refractivity contribution in [3.63, 3.8) is 0 Å². The van der Waals surface area contributed by atoms with Crippen LogP contribution in [0.1, 0.15) is 10.9 Å². The maximum atomic E-state index is 14.0. The molecule has 1 fully saturated rings. The smallest absolute Gasteiger partial charge is 0.174 e. The molecule has 6 heteroatoms. The van der Waals surface area contributed by atoms with Crippen LogP contribution in [0.3, 0.4) is 0 Å². The zero-order chi connectivity index (χ0) is 15.5. The van der Waals surface area contributed by atoms with Crippen molar-refractivity contribution < 1.29 is 4.39 Å². The highest BCUT2D eigenvalue weighted by Gasteiger charge is 2.30. The quantitative estimate of drug-likeness (QED) is 0.771. The van der Waals surface area contributed by atoms with Crippen LogP contribution in [0.4, 0.5) is 10.1 Å². The number of anilines is 1. The van der Waals surface area contributed by atoms with Crippen molar-refractivity contribution in [2.24, 2.45) is 0 Å². The molecule has 1 aliphatic rings. The number of nitrogens with one attached hydrogen (secondary N) is 1. The summed E-state index contributed by atoms with van der Waals surface area (Å²) in [7, 11) is 0. The van der Waals surface area contributed by atoms with E-state index in [4.69, 9.17) is 23.8 Å². The van der Waals surface area contributed by atoms with Gasteiger partial charge in [-0.05, 0) is 42.5 Å². The average Bonchev–Trinajstić information content (AvgIpc) is 2.99. The lowest BCUT2D eigenvalue weighted by Crippen LogP contribution is -2.34. The Bertz CT molecular complexity index is 678. The Hall–Kier alpha value is -1.30. The second-order valence-corrected chi connectivity index (χ2v) is 6.89. The van der Waals surface area contributed by atoms with Gasteiger partial charge in [-0.25, -0.2) is 4.39 Å². The van der Waals surface area contributed by atoms with Gasteiger partial charge in [0.2, 0.25) is 0 Å². The molecule has 2 aromatic carbocycles. The topological polar surface area (TPSA) is 15.3 Å². The van der Waals surface area contributed by atoms with Gasteiger partial charge in [-0.2, -0.15) is 0 Å². The summed E-state index contributed by atoms with van der Waals surface area (Å²) in [5, 5.41) is 4.38. The Morgan fingerprint density at radius 3 is 2.68 bits per heavy atom. The monoisotopic (exact) mass is 352 g/mol. The highest BCUT2D eigenvalue weighted by Crippen LogP contribution is 2.39. The van der Waals surface area contributed by atoms with Gasteiger partial charge < -0.3 is 10.2 Å². The van der Waals surface area contributed by atoms with Gasteiger partial charge in [0.25, 0.3) is 0 Å². The zero-order valence-corrected chi connectivity index (χ0v) is 14.0. The minimum absolute atomic E-state index is 0.0894. The number of hydrogen-bond acceptors (Lipinski definition) is 2. The minimum atomic E-state index is -0.193. The number of thiocarbonyl (C=S) groups is 1. The predicted molar refractivity (Wildman–Crippen MR) is 96.0 cm³/mol. The van der Waals surface area contributed by atoms with Gasteiger partial charge >= 0.3 is 0 Å². The highest BCUT2D eigenvalue weighted by atomic mass is 35.5. The molecule has 1 saturated heterocycles. The first kappa shape index (κ1) is 15.6. The van der Waals surface area contributed by atoms with Crippen molar-refractivity contribution in [1.82, 2.24) is 4.90 Å². The largest absolute Gasteiger partial charge is 0.333 e. The highest BCUT2D eigenvalue weighted by molar-refractivity contribution is 7.99. The van der Waals surface area contributed by atoms with Crippen molar-refractivity contribution in [1.29, 1.82) is 0 Å². The van der Waals surface area contributed by atoms with Crippen LogP contribution in [-0.2, 0) is 0 Å². The molecular formula is C16H14ClFN2S2. The molecule has 22 heavy (non-hydrogen) atoms. The molecule has 0 aromatic heterocycles. The summed E-state index contributed by atoms with van der Waals surface area (Å²) < 4.78 is 14.0. The number of nitrogens with zero attached hydrogens (tertiary/aromatic N) is 1. The molecule has 2 nitrogen and oxygen atoms in total. The summed E-state index contributed by atoms with van der Waals surface area (Å²) in [4.78, 5) is 2.02. The summed E-state index contributed by atoms with van der Waals surface area (Å²) in [6, 6.07) is 14.2. The van der Waals surface area contributed by atoms with E-state index in [-0.39, 0.29) is 11.2 Å². The predicted octanol–water partition coefficient (Wildman–Crippen LogP) is 4.92. The standard InChI is InChI=1S/C16H14ClFN2S2/c17-11-5-7-12(8-6-11)19-16(21)20-9-10-22-15(20)13-3-1-2-4-14(13)18/h1-8,15H,9-10H2,(H,19,21). The van der Waals surface area contributed by atoms with Crippen LogP contribution >= 0.6 is 35.6 Å². The van der Waals surface area contributed by atoms with Crippen molar-refractivity contribution in [2.45, 2.75) is 5.37 Å². The van der Waals surface area contributed by atoms with E-state index in [0.717, 1.165) is 18.0 Å². The average molecular weight is 353 g/mol. The van der Waals surface area contributed by atoms with Gasteiger partial charge in [0.15, 0.2) is 5.11 Å². The van der Waals surface area contributed by atoms with E-state index in [0.29, 0.717) is 15.7 Å². The maximum Gasteiger partial charge on any atom is 0.174 e. The molecule has 2 aromatic rings. The Balaban J connectivity index is 1.76. The van der Waals surface area contributed by atoms with Crippen LogP contribution in [-0.4, -0.2) is 22.3 Å². The fraction of sp³-hybridized carbons (Fsp3) is 0.188. The van der Waals surface area contributed by atoms with Gasteiger partial charge in [-0.15, -0.1) is 11.8 Å². The van der Waals surface area contributed by atoms with Crippen LogP contribution in [0.5, 0.6) is 0 Å². The summed E-state index contributed by atoms with van der Waals surface area (Å²) in [5.74, 6) is 0.725. The molecular weight excluding hydrogens is 339 g/mol. The lowest BCUT2D eigenvalue weighted by Gasteiger charge is -2.27. The van der Waals surface area contributed by atoms with E-state index < -0.39 is 0 Å². The summed E-state index contributed by atoms with van der Waals surface area (Å²) in [6.45, 7) is 0.795. The fourth-order valence-corrected chi connectivity index (χ4v) is 4.13. The van der Waals surface area contributed by atoms with Gasteiger partial charge in [0.1, 0.15) is 11.2 Å². The van der Waals surface area contributed by atoms with Crippen LogP contribution in [0.25, 0.3) is 0 Å². The Morgan fingerprint density at radius 2 is 1.95 bits per heavy atom. The van der Waals surface area contributed by atoms with Gasteiger partial charge in [-0.1, -0.05) is 29.8 Å². The van der Waals surface area contributed by atoms with E-state index in [2.05, 4.69) is 5.32 Å². The molecule has 1 unspecified atom stereocenters. The second kappa shape index (κ2) is 6.86. The molecule has 3 rings (SSSR count). The van der Waals surface area contributed by atoms with Crippen LogP contribution in [0.15, 0.2) is 48.5 Å². The number of halogens is 2. The first-order valence-corrected chi connectivity index (χ1v) is 8.68. The Kier molecular flexibility index (Phi) is 4.86. The molecule has 0 amide bonds. The first-order valence-electron chi connectivity index (χ1n) is 6.84. The SMILES string of the molecule is Fc1ccccc1C1SCCN1C(=S)Nc1ccc(Cl)cc1. The number of benzene rings is 2. The molecule has 1 N–H and O–H groups in total. The van der Waals surface area contributed by atoms with Gasteiger partial charge in [0, 0.05) is 28.6 Å². The van der Waals surface area contributed by atoms with E-state index in [1.54, 1.807) is 30.0 Å². The third kappa shape index (κ3) is 3.37. The fourth-order valence-electron chi connectivity index (χ4n) is 2.34. The lowest BCUT2D eigenvalue weighted by molar-refractivity contribution is 0.443. The number of rotatable bonds is 2. The van der Waals surface area contributed by atoms with Crippen molar-refractivity contribution in [3.05, 3.63) is 64.9 Å².